The zero-order valence-electron chi connectivity index (χ0n) is 17.2. The van der Waals surface area contributed by atoms with Crippen molar-refractivity contribution in [2.75, 3.05) is 46.4 Å². The van der Waals surface area contributed by atoms with Crippen LogP contribution >= 0.6 is 0 Å². The van der Waals surface area contributed by atoms with Crippen LogP contribution in [0.15, 0.2) is 24.3 Å². The van der Waals surface area contributed by atoms with E-state index in [0.29, 0.717) is 19.2 Å². The van der Waals surface area contributed by atoms with Crippen molar-refractivity contribution in [2.45, 2.75) is 38.6 Å². The van der Waals surface area contributed by atoms with Crippen molar-refractivity contribution in [1.29, 1.82) is 0 Å². The van der Waals surface area contributed by atoms with Crippen LogP contribution in [0.25, 0.3) is 0 Å². The van der Waals surface area contributed by atoms with Crippen LogP contribution in [0.4, 0.5) is 0 Å². The maximum absolute atomic E-state index is 12.8. The van der Waals surface area contributed by atoms with Gasteiger partial charge in [0, 0.05) is 44.9 Å². The summed E-state index contributed by atoms with van der Waals surface area (Å²) in [7, 11) is 1.64. The number of ether oxygens (including phenoxy) is 1. The fraction of sp³-hybridized carbons (Fsp3) is 0.636. The molecule has 0 aliphatic carbocycles. The normalized spacial score (nSPS) is 21.5. The van der Waals surface area contributed by atoms with Gasteiger partial charge in [0.05, 0.1) is 12.5 Å². The molecule has 154 valence electrons. The number of nitrogens with one attached hydrogen (secondary N) is 1. The first-order valence-corrected chi connectivity index (χ1v) is 10.5. The van der Waals surface area contributed by atoms with Gasteiger partial charge in [-0.05, 0) is 50.8 Å². The summed E-state index contributed by atoms with van der Waals surface area (Å²) >= 11 is 0. The molecule has 0 aromatic heterocycles. The SMILES string of the molecule is COCCNC(=O)[C@H]1CCCN(C2CCN(C(=O)c3ccccc3C)CC2)C1. The van der Waals surface area contributed by atoms with Crippen molar-refractivity contribution >= 4 is 11.8 Å². The highest BCUT2D eigenvalue weighted by molar-refractivity contribution is 5.95. The van der Waals surface area contributed by atoms with E-state index in [2.05, 4.69) is 10.2 Å². The first-order chi connectivity index (χ1) is 13.6. The summed E-state index contributed by atoms with van der Waals surface area (Å²) in [6.45, 7) is 6.58. The minimum atomic E-state index is 0.0669. The number of aryl methyl sites for hydroxylation is 1. The van der Waals surface area contributed by atoms with Gasteiger partial charge in [-0.2, -0.15) is 0 Å². The van der Waals surface area contributed by atoms with Crippen LogP contribution in [0.2, 0.25) is 0 Å². The number of carbonyl (C=O) groups excluding carboxylic acids is 2. The fourth-order valence-electron chi connectivity index (χ4n) is 4.39. The number of rotatable bonds is 6. The van der Waals surface area contributed by atoms with E-state index in [4.69, 9.17) is 4.74 Å². The van der Waals surface area contributed by atoms with E-state index in [1.165, 1.54) is 0 Å². The van der Waals surface area contributed by atoms with Gasteiger partial charge in [0.2, 0.25) is 5.91 Å². The minimum absolute atomic E-state index is 0.0669. The highest BCUT2D eigenvalue weighted by Gasteiger charge is 2.32. The Bertz CT molecular complexity index is 671. The molecule has 6 nitrogen and oxygen atoms in total. The fourth-order valence-corrected chi connectivity index (χ4v) is 4.39. The number of piperidine rings is 2. The van der Waals surface area contributed by atoms with E-state index in [0.717, 1.165) is 63.0 Å². The summed E-state index contributed by atoms with van der Waals surface area (Å²) in [5.41, 5.74) is 1.85. The standard InChI is InChI=1S/C22H33N3O3/c1-17-6-3-4-8-20(17)22(27)24-13-9-19(10-14-24)25-12-5-7-18(16-25)21(26)23-11-15-28-2/h3-4,6,8,18-19H,5,7,9-16H2,1-2H3,(H,23,26)/t18-/m0/s1. The van der Waals surface area contributed by atoms with Crippen molar-refractivity contribution in [3.05, 3.63) is 35.4 Å². The van der Waals surface area contributed by atoms with Crippen LogP contribution in [-0.4, -0.2) is 74.1 Å². The topological polar surface area (TPSA) is 61.9 Å². The summed E-state index contributed by atoms with van der Waals surface area (Å²) < 4.78 is 5.01. The van der Waals surface area contributed by atoms with E-state index in [1.54, 1.807) is 7.11 Å². The van der Waals surface area contributed by atoms with Gasteiger partial charge in [0.15, 0.2) is 0 Å². The van der Waals surface area contributed by atoms with Crippen LogP contribution in [0.1, 0.15) is 41.6 Å². The third-order valence-corrected chi connectivity index (χ3v) is 6.07. The Hall–Kier alpha value is -1.92. The Labute approximate surface area is 168 Å². The molecule has 1 N–H and O–H groups in total. The average Bonchev–Trinajstić information content (AvgIpc) is 2.74. The summed E-state index contributed by atoms with van der Waals surface area (Å²) in [4.78, 5) is 29.7. The van der Waals surface area contributed by atoms with Crippen LogP contribution in [0.5, 0.6) is 0 Å². The molecule has 1 aromatic carbocycles. The largest absolute Gasteiger partial charge is 0.383 e. The number of hydrogen-bond donors (Lipinski definition) is 1. The summed E-state index contributed by atoms with van der Waals surface area (Å²) in [6, 6.07) is 8.28. The number of carbonyl (C=O) groups is 2. The lowest BCUT2D eigenvalue weighted by molar-refractivity contribution is -0.127. The average molecular weight is 388 g/mol. The maximum atomic E-state index is 12.8. The molecule has 2 amide bonds. The molecule has 0 unspecified atom stereocenters. The monoisotopic (exact) mass is 387 g/mol. The molecule has 0 radical (unpaired) electrons. The van der Waals surface area contributed by atoms with Gasteiger partial charge in [-0.25, -0.2) is 0 Å². The van der Waals surface area contributed by atoms with Crippen molar-refractivity contribution in [3.63, 3.8) is 0 Å². The van der Waals surface area contributed by atoms with Gasteiger partial charge < -0.3 is 15.0 Å². The number of nitrogens with zero attached hydrogens (tertiary/aromatic N) is 2. The molecule has 3 rings (SSSR count). The van der Waals surface area contributed by atoms with Crippen LogP contribution in [-0.2, 0) is 9.53 Å². The maximum Gasteiger partial charge on any atom is 0.254 e. The summed E-state index contributed by atoms with van der Waals surface area (Å²) in [5, 5.41) is 2.98. The number of hydrogen-bond acceptors (Lipinski definition) is 4. The zero-order chi connectivity index (χ0) is 19.9. The number of amides is 2. The third-order valence-electron chi connectivity index (χ3n) is 6.07. The molecule has 6 heteroatoms. The van der Waals surface area contributed by atoms with E-state index < -0.39 is 0 Å². The van der Waals surface area contributed by atoms with E-state index >= 15 is 0 Å². The molecular formula is C22H33N3O3. The highest BCUT2D eigenvalue weighted by Crippen LogP contribution is 2.25. The third kappa shape index (κ3) is 5.11. The minimum Gasteiger partial charge on any atom is -0.383 e. The van der Waals surface area contributed by atoms with Crippen molar-refractivity contribution < 1.29 is 14.3 Å². The second kappa shape index (κ2) is 10.0. The quantitative estimate of drug-likeness (QED) is 0.759. The van der Waals surface area contributed by atoms with Crippen LogP contribution < -0.4 is 5.32 Å². The number of likely N-dealkylation sites (tertiary alicyclic amines) is 2. The van der Waals surface area contributed by atoms with Gasteiger partial charge in [0.25, 0.3) is 5.91 Å². The predicted octanol–water partition coefficient (Wildman–Crippen LogP) is 2.07. The molecule has 28 heavy (non-hydrogen) atoms. The van der Waals surface area contributed by atoms with Gasteiger partial charge in [0.1, 0.15) is 0 Å². The second-order valence-electron chi connectivity index (χ2n) is 7.96. The molecule has 0 saturated carbocycles. The summed E-state index contributed by atoms with van der Waals surface area (Å²) in [5.74, 6) is 0.358. The van der Waals surface area contributed by atoms with E-state index in [1.807, 2.05) is 36.1 Å². The molecule has 0 bridgehead atoms. The van der Waals surface area contributed by atoms with Crippen molar-refractivity contribution in [2.24, 2.45) is 5.92 Å². The molecule has 2 aliphatic heterocycles. The highest BCUT2D eigenvalue weighted by atomic mass is 16.5. The Morgan fingerprint density at radius 2 is 1.89 bits per heavy atom. The zero-order valence-corrected chi connectivity index (χ0v) is 17.2. The van der Waals surface area contributed by atoms with Crippen molar-refractivity contribution in [1.82, 2.24) is 15.1 Å². The first kappa shape index (κ1) is 20.8. The molecule has 1 aromatic rings. The Balaban J connectivity index is 1.49. The molecular weight excluding hydrogens is 354 g/mol. The van der Waals surface area contributed by atoms with Crippen LogP contribution in [0, 0.1) is 12.8 Å². The second-order valence-corrected chi connectivity index (χ2v) is 7.96. The number of benzene rings is 1. The van der Waals surface area contributed by atoms with Crippen molar-refractivity contribution in [3.8, 4) is 0 Å². The smallest absolute Gasteiger partial charge is 0.254 e. The molecule has 0 spiro atoms. The van der Waals surface area contributed by atoms with E-state index in [9.17, 15) is 9.59 Å². The van der Waals surface area contributed by atoms with E-state index in [-0.39, 0.29) is 17.7 Å². The summed E-state index contributed by atoms with van der Waals surface area (Å²) in [6.07, 6.45) is 3.98. The number of methoxy groups -OCH3 is 1. The Kier molecular flexibility index (Phi) is 7.45. The predicted molar refractivity (Wildman–Crippen MR) is 109 cm³/mol. The lowest BCUT2D eigenvalue weighted by Crippen LogP contribution is -2.51. The Morgan fingerprint density at radius 1 is 1.14 bits per heavy atom. The van der Waals surface area contributed by atoms with Gasteiger partial charge in [-0.3, -0.25) is 14.5 Å². The molecule has 2 aliphatic rings. The molecule has 2 saturated heterocycles. The van der Waals surface area contributed by atoms with Gasteiger partial charge in [-0.15, -0.1) is 0 Å². The van der Waals surface area contributed by atoms with Gasteiger partial charge >= 0.3 is 0 Å². The first-order valence-electron chi connectivity index (χ1n) is 10.5. The lowest BCUT2D eigenvalue weighted by Gasteiger charge is -2.42. The molecule has 2 fully saturated rings. The van der Waals surface area contributed by atoms with Crippen LogP contribution in [0.3, 0.4) is 0 Å². The Morgan fingerprint density at radius 3 is 2.61 bits per heavy atom. The molecule has 2 heterocycles. The molecule has 1 atom stereocenters. The lowest BCUT2D eigenvalue weighted by atomic mass is 9.93. The van der Waals surface area contributed by atoms with Gasteiger partial charge in [-0.1, -0.05) is 18.2 Å².